The van der Waals surface area contributed by atoms with Gasteiger partial charge in [0.1, 0.15) is 17.8 Å². The van der Waals surface area contributed by atoms with Crippen LogP contribution < -0.4 is 15.1 Å². The summed E-state index contributed by atoms with van der Waals surface area (Å²) >= 11 is 0. The average Bonchev–Trinajstić information content (AvgIpc) is 3.10. The Morgan fingerprint density at radius 1 is 1.06 bits per heavy atom. The van der Waals surface area contributed by atoms with Crippen molar-refractivity contribution in [2.45, 2.75) is 32.5 Å². The Balaban J connectivity index is 1.33. The summed E-state index contributed by atoms with van der Waals surface area (Å²) in [4.78, 5) is 24.4. The van der Waals surface area contributed by atoms with Crippen LogP contribution in [0.2, 0.25) is 0 Å². The fraction of sp³-hybridized carbons (Fsp3) is 0.231. The number of rotatable bonds is 5. The van der Waals surface area contributed by atoms with Crippen LogP contribution in [0.15, 0.2) is 69.9 Å². The molecule has 1 aromatic heterocycles. The minimum absolute atomic E-state index is 0.0608. The van der Waals surface area contributed by atoms with Gasteiger partial charge in [0, 0.05) is 29.0 Å². The Hall–Kier alpha value is -3.80. The monoisotopic (exact) mass is 430 g/mol. The van der Waals surface area contributed by atoms with E-state index in [-0.39, 0.29) is 18.8 Å². The molecule has 6 nitrogen and oxygen atoms in total. The third-order valence-corrected chi connectivity index (χ3v) is 5.50. The fourth-order valence-electron chi connectivity index (χ4n) is 4.17. The summed E-state index contributed by atoms with van der Waals surface area (Å²) in [6.07, 6.45) is 0.779. The number of ether oxygens (including phenoxy) is 3. The number of esters is 1. The Morgan fingerprint density at radius 2 is 1.91 bits per heavy atom. The Bertz CT molecular complexity index is 1400. The third kappa shape index (κ3) is 3.80. The van der Waals surface area contributed by atoms with Gasteiger partial charge in [-0.1, -0.05) is 42.5 Å². The van der Waals surface area contributed by atoms with Crippen LogP contribution in [0.3, 0.4) is 0 Å². The second-order valence-corrected chi connectivity index (χ2v) is 8.48. The zero-order chi connectivity index (χ0) is 22.3. The van der Waals surface area contributed by atoms with Crippen molar-refractivity contribution >= 4 is 27.7 Å². The van der Waals surface area contributed by atoms with Gasteiger partial charge < -0.3 is 18.6 Å². The standard InChI is InChI=1S/C26H22O6/c1-26(2)13-17-7-5-9-21(25(17)32-26)29-15-23(28)30-14-18-12-22(27)31-20-11-10-16-6-3-4-8-19(16)24(18)20/h3-12H,13-15H2,1-2H3. The van der Waals surface area contributed by atoms with E-state index in [0.717, 1.165) is 28.1 Å². The molecule has 0 fully saturated rings. The van der Waals surface area contributed by atoms with Gasteiger partial charge in [-0.2, -0.15) is 0 Å². The van der Waals surface area contributed by atoms with Gasteiger partial charge in [0.05, 0.1) is 0 Å². The van der Waals surface area contributed by atoms with E-state index in [4.69, 9.17) is 18.6 Å². The van der Waals surface area contributed by atoms with Crippen LogP contribution in [-0.2, 0) is 22.6 Å². The maximum atomic E-state index is 12.4. The molecule has 6 heteroatoms. The number of fused-ring (bicyclic) bond motifs is 4. The first kappa shape index (κ1) is 20.1. The first-order valence-electron chi connectivity index (χ1n) is 10.4. The molecule has 1 aliphatic rings. The van der Waals surface area contributed by atoms with Crippen molar-refractivity contribution < 1.29 is 23.4 Å². The number of carbonyl (C=O) groups is 1. The summed E-state index contributed by atoms with van der Waals surface area (Å²) in [5.41, 5.74) is 1.30. The lowest BCUT2D eigenvalue weighted by Gasteiger charge is -2.18. The lowest BCUT2D eigenvalue weighted by atomic mass is 10.0. The molecule has 0 saturated heterocycles. The van der Waals surface area contributed by atoms with Gasteiger partial charge in [-0.05, 0) is 36.8 Å². The Labute approximate surface area is 184 Å². The van der Waals surface area contributed by atoms with Crippen molar-refractivity contribution in [3.8, 4) is 11.5 Å². The Morgan fingerprint density at radius 3 is 2.78 bits per heavy atom. The molecule has 2 heterocycles. The smallest absolute Gasteiger partial charge is 0.344 e. The summed E-state index contributed by atoms with van der Waals surface area (Å²) in [6.45, 7) is 3.69. The van der Waals surface area contributed by atoms with E-state index in [1.807, 2.05) is 56.3 Å². The minimum Gasteiger partial charge on any atom is -0.483 e. The molecule has 1 aliphatic heterocycles. The van der Waals surface area contributed by atoms with Crippen molar-refractivity contribution in [1.82, 2.24) is 0 Å². The number of hydrogen-bond donors (Lipinski definition) is 0. The predicted molar refractivity (Wildman–Crippen MR) is 120 cm³/mol. The highest BCUT2D eigenvalue weighted by Crippen LogP contribution is 2.41. The zero-order valence-corrected chi connectivity index (χ0v) is 17.8. The molecule has 0 saturated carbocycles. The van der Waals surface area contributed by atoms with Gasteiger partial charge in [0.25, 0.3) is 0 Å². The average molecular weight is 430 g/mol. The molecule has 5 rings (SSSR count). The molecule has 0 bridgehead atoms. The van der Waals surface area contributed by atoms with E-state index in [1.54, 1.807) is 12.1 Å². The minimum atomic E-state index is -0.540. The molecular weight excluding hydrogens is 408 g/mol. The SMILES string of the molecule is CC1(C)Cc2cccc(OCC(=O)OCc3cc(=O)oc4ccc5ccccc5c34)c2O1. The molecule has 162 valence electrons. The fourth-order valence-corrected chi connectivity index (χ4v) is 4.17. The highest BCUT2D eigenvalue weighted by Gasteiger charge is 2.32. The number of hydrogen-bond acceptors (Lipinski definition) is 6. The largest absolute Gasteiger partial charge is 0.483 e. The maximum absolute atomic E-state index is 12.4. The quantitative estimate of drug-likeness (QED) is 0.258. The molecule has 4 aromatic rings. The summed E-state index contributed by atoms with van der Waals surface area (Å²) in [5, 5.41) is 2.69. The van der Waals surface area contributed by atoms with Crippen molar-refractivity contribution in [3.63, 3.8) is 0 Å². The molecule has 0 aliphatic carbocycles. The molecule has 0 amide bonds. The third-order valence-electron chi connectivity index (χ3n) is 5.50. The second kappa shape index (κ2) is 7.71. The van der Waals surface area contributed by atoms with Crippen molar-refractivity contribution in [1.29, 1.82) is 0 Å². The Kier molecular flexibility index (Phi) is 4.85. The molecular formula is C26H22O6. The molecule has 0 spiro atoms. The summed E-state index contributed by atoms with van der Waals surface area (Å²) in [6, 6.07) is 18.4. The van der Waals surface area contributed by atoms with Gasteiger partial charge >= 0.3 is 11.6 Å². The van der Waals surface area contributed by atoms with E-state index in [2.05, 4.69) is 0 Å². The van der Waals surface area contributed by atoms with Crippen LogP contribution in [0.1, 0.15) is 25.0 Å². The lowest BCUT2D eigenvalue weighted by Crippen LogP contribution is -2.24. The maximum Gasteiger partial charge on any atom is 0.344 e. The van der Waals surface area contributed by atoms with E-state index in [0.29, 0.717) is 22.6 Å². The van der Waals surface area contributed by atoms with E-state index < -0.39 is 11.6 Å². The van der Waals surface area contributed by atoms with Crippen molar-refractivity contribution in [2.24, 2.45) is 0 Å². The summed E-state index contributed by atoms with van der Waals surface area (Å²) < 4.78 is 22.4. The van der Waals surface area contributed by atoms with Crippen molar-refractivity contribution in [3.05, 3.63) is 82.2 Å². The molecule has 32 heavy (non-hydrogen) atoms. The van der Waals surface area contributed by atoms with Crippen LogP contribution in [0.25, 0.3) is 21.7 Å². The first-order chi connectivity index (χ1) is 15.4. The normalized spacial score (nSPS) is 14.2. The van der Waals surface area contributed by atoms with E-state index in [9.17, 15) is 9.59 Å². The summed E-state index contributed by atoms with van der Waals surface area (Å²) in [7, 11) is 0. The second-order valence-electron chi connectivity index (χ2n) is 8.48. The zero-order valence-electron chi connectivity index (χ0n) is 17.8. The molecule has 0 radical (unpaired) electrons. The lowest BCUT2D eigenvalue weighted by molar-refractivity contribution is -0.147. The van der Waals surface area contributed by atoms with Crippen LogP contribution in [0, 0.1) is 0 Å². The van der Waals surface area contributed by atoms with E-state index >= 15 is 0 Å². The van der Waals surface area contributed by atoms with Gasteiger partial charge in [-0.15, -0.1) is 0 Å². The molecule has 0 N–H and O–H groups in total. The molecule has 0 unspecified atom stereocenters. The van der Waals surface area contributed by atoms with Crippen LogP contribution in [-0.4, -0.2) is 18.2 Å². The van der Waals surface area contributed by atoms with Gasteiger partial charge in [0.2, 0.25) is 0 Å². The van der Waals surface area contributed by atoms with Crippen molar-refractivity contribution in [2.75, 3.05) is 6.61 Å². The number of para-hydroxylation sites is 1. The van der Waals surface area contributed by atoms with E-state index in [1.165, 1.54) is 6.07 Å². The molecule has 3 aromatic carbocycles. The highest BCUT2D eigenvalue weighted by atomic mass is 16.6. The first-order valence-corrected chi connectivity index (χ1v) is 10.4. The number of carbonyl (C=O) groups excluding carboxylic acids is 1. The van der Waals surface area contributed by atoms with Crippen LogP contribution >= 0.6 is 0 Å². The number of benzene rings is 3. The van der Waals surface area contributed by atoms with Crippen LogP contribution in [0.5, 0.6) is 11.5 Å². The highest BCUT2D eigenvalue weighted by molar-refractivity contribution is 6.07. The van der Waals surface area contributed by atoms with Crippen LogP contribution in [0.4, 0.5) is 0 Å². The van der Waals surface area contributed by atoms with Gasteiger partial charge in [-0.3, -0.25) is 0 Å². The predicted octanol–water partition coefficient (Wildman–Crippen LogP) is 4.78. The summed E-state index contributed by atoms with van der Waals surface area (Å²) in [5.74, 6) is 0.645. The van der Waals surface area contributed by atoms with Gasteiger partial charge in [0.15, 0.2) is 18.1 Å². The van der Waals surface area contributed by atoms with Gasteiger partial charge in [-0.25, -0.2) is 9.59 Å². The topological polar surface area (TPSA) is 75.0 Å². The molecule has 0 atom stereocenters.